The molecule has 0 saturated carbocycles. The fraction of sp³-hybridized carbons (Fsp3) is 0.273. The van der Waals surface area contributed by atoms with Gasteiger partial charge in [-0.25, -0.2) is 4.39 Å². The molecule has 3 rings (SSSR count). The van der Waals surface area contributed by atoms with Gasteiger partial charge in [-0.2, -0.15) is 0 Å². The molecule has 1 aromatic heterocycles. The third-order valence-corrected chi connectivity index (χ3v) is 5.33. The molecule has 0 aliphatic rings. The molecule has 6 nitrogen and oxygen atoms in total. The van der Waals surface area contributed by atoms with Crippen LogP contribution in [0.4, 0.5) is 9.52 Å². The number of hydrogen-bond acceptors (Lipinski definition) is 5. The van der Waals surface area contributed by atoms with Gasteiger partial charge in [0.15, 0.2) is 0 Å². The molecule has 8 heteroatoms. The molecule has 0 radical (unpaired) electrons. The number of halogens is 1. The lowest BCUT2D eigenvalue weighted by Crippen LogP contribution is -2.45. The molecular formula is C22H23FN4O2S. The number of amides is 2. The van der Waals surface area contributed by atoms with Gasteiger partial charge in [-0.05, 0) is 36.2 Å². The zero-order valence-electron chi connectivity index (χ0n) is 16.6. The first-order chi connectivity index (χ1) is 14.5. The summed E-state index contributed by atoms with van der Waals surface area (Å²) in [6, 6.07) is 14.7. The normalized spacial score (nSPS) is 11.7. The maximum absolute atomic E-state index is 13.1. The van der Waals surface area contributed by atoms with Gasteiger partial charge >= 0.3 is 0 Å². The smallest absolute Gasteiger partial charge is 0.249 e. The zero-order chi connectivity index (χ0) is 21.3. The molecule has 1 unspecified atom stereocenters. The summed E-state index contributed by atoms with van der Waals surface area (Å²) in [6.07, 6.45) is 2.42. The first kappa shape index (κ1) is 21.6. The Hall–Kier alpha value is -3.13. The Balaban J connectivity index is 1.70. The van der Waals surface area contributed by atoms with Crippen LogP contribution in [0.25, 0.3) is 10.6 Å². The van der Waals surface area contributed by atoms with Crippen molar-refractivity contribution in [1.82, 2.24) is 15.5 Å². The minimum atomic E-state index is -0.727. The quantitative estimate of drug-likeness (QED) is 0.537. The largest absolute Gasteiger partial charge is 0.344 e. The van der Waals surface area contributed by atoms with Gasteiger partial charge in [0.25, 0.3) is 0 Å². The summed E-state index contributed by atoms with van der Waals surface area (Å²) < 4.78 is 13.1. The van der Waals surface area contributed by atoms with Crippen LogP contribution in [-0.4, -0.2) is 28.1 Å². The maximum atomic E-state index is 13.1. The number of unbranched alkanes of at least 4 members (excludes halogenated alkanes) is 1. The second kappa shape index (κ2) is 10.6. The molecule has 0 fully saturated rings. The highest BCUT2D eigenvalue weighted by Gasteiger charge is 2.22. The molecule has 2 aromatic carbocycles. The lowest BCUT2D eigenvalue weighted by atomic mass is 10.0. The van der Waals surface area contributed by atoms with Gasteiger partial charge in [-0.1, -0.05) is 55.0 Å². The van der Waals surface area contributed by atoms with Crippen LogP contribution in [-0.2, 0) is 16.0 Å². The molecule has 30 heavy (non-hydrogen) atoms. The molecule has 2 amide bonds. The number of carbonyl (C=O) groups excluding carboxylic acids is 2. The molecule has 0 aliphatic carbocycles. The van der Waals surface area contributed by atoms with Crippen LogP contribution in [0.1, 0.15) is 31.7 Å². The van der Waals surface area contributed by atoms with Crippen LogP contribution in [0.5, 0.6) is 0 Å². The third-order valence-electron chi connectivity index (χ3n) is 4.44. The summed E-state index contributed by atoms with van der Waals surface area (Å²) in [5, 5.41) is 14.5. The van der Waals surface area contributed by atoms with Crippen molar-refractivity contribution in [3.63, 3.8) is 0 Å². The van der Waals surface area contributed by atoms with E-state index in [0.717, 1.165) is 18.4 Å². The Kier molecular flexibility index (Phi) is 7.62. The monoisotopic (exact) mass is 426 g/mol. The number of hydrogen-bond donors (Lipinski definition) is 2. The summed E-state index contributed by atoms with van der Waals surface area (Å²) in [4.78, 5) is 25.1. The van der Waals surface area contributed by atoms with E-state index in [-0.39, 0.29) is 17.6 Å². The van der Waals surface area contributed by atoms with Crippen molar-refractivity contribution in [2.75, 3.05) is 5.32 Å². The Labute approximate surface area is 178 Å². The third kappa shape index (κ3) is 6.18. The Morgan fingerprint density at radius 1 is 1.07 bits per heavy atom. The minimum absolute atomic E-state index is 0.155. The van der Waals surface area contributed by atoms with Gasteiger partial charge in [0.1, 0.15) is 16.9 Å². The summed E-state index contributed by atoms with van der Waals surface area (Å²) in [5.41, 5.74) is 1.65. The summed E-state index contributed by atoms with van der Waals surface area (Å²) in [6.45, 7) is 2.01. The number of aromatic nitrogens is 2. The van der Waals surface area contributed by atoms with Crippen LogP contribution in [0.2, 0.25) is 0 Å². The lowest BCUT2D eigenvalue weighted by molar-refractivity contribution is -0.126. The average molecular weight is 427 g/mol. The Morgan fingerprint density at radius 3 is 2.50 bits per heavy atom. The van der Waals surface area contributed by atoms with Gasteiger partial charge in [-0.15, -0.1) is 10.2 Å². The molecule has 156 valence electrons. The Morgan fingerprint density at radius 2 is 1.80 bits per heavy atom. The van der Waals surface area contributed by atoms with E-state index in [9.17, 15) is 14.0 Å². The van der Waals surface area contributed by atoms with Crippen LogP contribution >= 0.6 is 11.3 Å². The lowest BCUT2D eigenvalue weighted by Gasteiger charge is -2.18. The molecule has 0 bridgehead atoms. The van der Waals surface area contributed by atoms with Crippen LogP contribution in [0, 0.1) is 5.82 Å². The standard InChI is InChI=1S/C22H23FN4O2S/c1-2-3-9-19(28)24-18(14-15-7-5-4-6-8-15)20(29)25-22-27-26-21(30-22)16-10-12-17(23)13-11-16/h4-8,10-13,18H,2-3,9,14H2,1H3,(H,24,28)(H,25,27,29). The molecular weight excluding hydrogens is 403 g/mol. The first-order valence-electron chi connectivity index (χ1n) is 9.78. The van der Waals surface area contributed by atoms with E-state index < -0.39 is 6.04 Å². The SMILES string of the molecule is CCCCC(=O)NC(Cc1ccccc1)C(=O)Nc1nnc(-c2ccc(F)cc2)s1. The number of nitrogens with one attached hydrogen (secondary N) is 2. The van der Waals surface area contributed by atoms with Crippen molar-refractivity contribution >= 4 is 28.3 Å². The summed E-state index contributed by atoms with van der Waals surface area (Å²) >= 11 is 1.19. The van der Waals surface area contributed by atoms with Gasteiger partial charge < -0.3 is 5.32 Å². The van der Waals surface area contributed by atoms with Gasteiger partial charge in [-0.3, -0.25) is 14.9 Å². The molecule has 1 heterocycles. The molecule has 2 N–H and O–H groups in total. The molecule has 0 spiro atoms. The average Bonchev–Trinajstić information content (AvgIpc) is 3.21. The van der Waals surface area contributed by atoms with Crippen molar-refractivity contribution in [1.29, 1.82) is 0 Å². The molecule has 0 saturated heterocycles. The van der Waals surface area contributed by atoms with Crippen molar-refractivity contribution in [3.05, 3.63) is 66.0 Å². The number of benzene rings is 2. The summed E-state index contributed by atoms with van der Waals surface area (Å²) in [7, 11) is 0. The number of carbonyl (C=O) groups is 2. The molecule has 0 aliphatic heterocycles. The minimum Gasteiger partial charge on any atom is -0.344 e. The van der Waals surface area contributed by atoms with E-state index in [1.807, 2.05) is 37.3 Å². The number of rotatable bonds is 9. The van der Waals surface area contributed by atoms with E-state index >= 15 is 0 Å². The topological polar surface area (TPSA) is 84.0 Å². The highest BCUT2D eigenvalue weighted by atomic mass is 32.1. The number of nitrogens with zero attached hydrogens (tertiary/aromatic N) is 2. The van der Waals surface area contributed by atoms with E-state index in [1.165, 1.54) is 23.5 Å². The predicted molar refractivity (Wildman–Crippen MR) is 116 cm³/mol. The van der Waals surface area contributed by atoms with E-state index in [2.05, 4.69) is 20.8 Å². The Bertz CT molecular complexity index is 976. The highest BCUT2D eigenvalue weighted by Crippen LogP contribution is 2.26. The summed E-state index contributed by atoms with van der Waals surface area (Å²) in [5.74, 6) is -0.845. The second-order valence-electron chi connectivity index (χ2n) is 6.82. The fourth-order valence-electron chi connectivity index (χ4n) is 2.84. The van der Waals surface area contributed by atoms with Gasteiger partial charge in [0.2, 0.25) is 16.9 Å². The van der Waals surface area contributed by atoms with Crippen LogP contribution in [0.15, 0.2) is 54.6 Å². The van der Waals surface area contributed by atoms with E-state index in [1.54, 1.807) is 12.1 Å². The van der Waals surface area contributed by atoms with Crippen molar-refractivity contribution in [3.8, 4) is 10.6 Å². The maximum Gasteiger partial charge on any atom is 0.249 e. The number of anilines is 1. The van der Waals surface area contributed by atoms with Crippen LogP contribution in [0.3, 0.4) is 0 Å². The second-order valence-corrected chi connectivity index (χ2v) is 7.80. The first-order valence-corrected chi connectivity index (χ1v) is 10.6. The van der Waals surface area contributed by atoms with E-state index in [0.29, 0.717) is 28.5 Å². The van der Waals surface area contributed by atoms with E-state index in [4.69, 9.17) is 0 Å². The predicted octanol–water partition coefficient (Wildman–Crippen LogP) is 4.20. The highest BCUT2D eigenvalue weighted by molar-refractivity contribution is 7.18. The molecule has 1 atom stereocenters. The van der Waals surface area contributed by atoms with Crippen molar-refractivity contribution in [2.24, 2.45) is 0 Å². The van der Waals surface area contributed by atoms with Crippen molar-refractivity contribution in [2.45, 2.75) is 38.6 Å². The zero-order valence-corrected chi connectivity index (χ0v) is 17.4. The fourth-order valence-corrected chi connectivity index (χ4v) is 3.59. The van der Waals surface area contributed by atoms with Gasteiger partial charge in [0, 0.05) is 18.4 Å². The van der Waals surface area contributed by atoms with Gasteiger partial charge in [0.05, 0.1) is 0 Å². The van der Waals surface area contributed by atoms with Crippen LogP contribution < -0.4 is 10.6 Å². The molecule has 3 aromatic rings. The van der Waals surface area contributed by atoms with Crippen molar-refractivity contribution < 1.29 is 14.0 Å².